The summed E-state index contributed by atoms with van der Waals surface area (Å²) in [6.45, 7) is 5.65. The molecule has 5 heteroatoms. The highest BCUT2D eigenvalue weighted by molar-refractivity contribution is 5.92. The molecule has 5 nitrogen and oxygen atoms in total. The molecule has 1 saturated heterocycles. The van der Waals surface area contributed by atoms with Crippen LogP contribution in [0.15, 0.2) is 12.4 Å². The zero-order valence-electron chi connectivity index (χ0n) is 11.1. The van der Waals surface area contributed by atoms with Crippen molar-refractivity contribution in [2.24, 2.45) is 5.92 Å². The molecule has 0 bridgehead atoms. The first-order valence-electron chi connectivity index (χ1n) is 6.69. The molecule has 100 valence electrons. The second kappa shape index (κ2) is 6.00. The van der Waals surface area contributed by atoms with Gasteiger partial charge in [-0.25, -0.2) is 0 Å². The molecule has 1 N–H and O–H groups in total. The van der Waals surface area contributed by atoms with Gasteiger partial charge in [-0.1, -0.05) is 6.92 Å². The van der Waals surface area contributed by atoms with Crippen LogP contribution in [0.5, 0.6) is 0 Å². The van der Waals surface area contributed by atoms with Crippen LogP contribution in [0.25, 0.3) is 0 Å². The lowest BCUT2D eigenvalue weighted by molar-refractivity contribution is -0.129. The highest BCUT2D eigenvalue weighted by Gasteiger charge is 2.30. The van der Waals surface area contributed by atoms with Gasteiger partial charge in [-0.2, -0.15) is 5.10 Å². The molecule has 2 atom stereocenters. The molecule has 1 fully saturated rings. The molecular formula is C13H21N3O2. The fourth-order valence-corrected chi connectivity index (χ4v) is 2.38. The molecule has 0 aromatic carbocycles. The number of carbonyl (C=O) groups is 1. The van der Waals surface area contributed by atoms with Crippen LogP contribution >= 0.6 is 0 Å². The summed E-state index contributed by atoms with van der Waals surface area (Å²) in [4.78, 5) is 12.2. The van der Waals surface area contributed by atoms with Gasteiger partial charge in [0, 0.05) is 19.3 Å². The molecule has 1 amide bonds. The predicted octanol–water partition coefficient (Wildman–Crippen LogP) is 2.05. The average Bonchev–Trinajstić information content (AvgIpc) is 2.86. The molecule has 0 unspecified atom stereocenters. The van der Waals surface area contributed by atoms with Crippen molar-refractivity contribution < 1.29 is 9.53 Å². The van der Waals surface area contributed by atoms with E-state index in [0.717, 1.165) is 38.1 Å². The Kier molecular flexibility index (Phi) is 4.36. The van der Waals surface area contributed by atoms with Crippen molar-refractivity contribution in [3.8, 4) is 0 Å². The van der Waals surface area contributed by atoms with E-state index in [9.17, 15) is 4.79 Å². The molecule has 18 heavy (non-hydrogen) atoms. The van der Waals surface area contributed by atoms with Gasteiger partial charge < -0.3 is 10.1 Å². The topological polar surface area (TPSA) is 56.1 Å². The lowest BCUT2D eigenvalue weighted by Crippen LogP contribution is -2.37. The van der Waals surface area contributed by atoms with Gasteiger partial charge in [0.15, 0.2) is 0 Å². The van der Waals surface area contributed by atoms with Crippen LogP contribution in [-0.2, 0) is 16.1 Å². The number of hydrogen-bond donors (Lipinski definition) is 1. The van der Waals surface area contributed by atoms with Crippen LogP contribution in [0.2, 0.25) is 0 Å². The highest BCUT2D eigenvalue weighted by Crippen LogP contribution is 2.24. The quantitative estimate of drug-likeness (QED) is 0.891. The molecule has 0 saturated carbocycles. The van der Waals surface area contributed by atoms with Gasteiger partial charge >= 0.3 is 0 Å². The summed E-state index contributed by atoms with van der Waals surface area (Å²) in [5.74, 6) is 0.0194. The number of hydrogen-bond acceptors (Lipinski definition) is 3. The summed E-state index contributed by atoms with van der Waals surface area (Å²) in [6.07, 6.45) is 6.34. The van der Waals surface area contributed by atoms with Crippen LogP contribution < -0.4 is 5.32 Å². The van der Waals surface area contributed by atoms with E-state index in [-0.39, 0.29) is 17.9 Å². The molecule has 2 heterocycles. The van der Waals surface area contributed by atoms with Gasteiger partial charge in [0.25, 0.3) is 0 Å². The molecule has 0 radical (unpaired) electrons. The van der Waals surface area contributed by atoms with E-state index < -0.39 is 0 Å². The number of ether oxygens (including phenoxy) is 1. The number of aromatic nitrogens is 2. The Bertz CT molecular complexity index is 403. The van der Waals surface area contributed by atoms with E-state index in [1.54, 1.807) is 10.9 Å². The predicted molar refractivity (Wildman–Crippen MR) is 69.3 cm³/mol. The van der Waals surface area contributed by atoms with Crippen LogP contribution in [0, 0.1) is 5.92 Å². The average molecular weight is 251 g/mol. The summed E-state index contributed by atoms with van der Waals surface area (Å²) < 4.78 is 7.44. The van der Waals surface area contributed by atoms with E-state index in [1.165, 1.54) is 0 Å². The van der Waals surface area contributed by atoms with Gasteiger partial charge in [0.1, 0.15) is 0 Å². The SMILES string of the molecule is CC[C@H]1OCCC[C@H]1C(=O)Nc1cnn(CC)c1. The molecule has 0 aliphatic carbocycles. The maximum Gasteiger partial charge on any atom is 0.230 e. The standard InChI is InChI=1S/C13H21N3O2/c1-3-12-11(6-5-7-18-12)13(17)15-10-8-14-16(4-2)9-10/h8-9,11-12H,3-7H2,1-2H3,(H,15,17)/t11-,12-/m1/s1. The van der Waals surface area contributed by atoms with Crippen LogP contribution in [0.3, 0.4) is 0 Å². The Labute approximate surface area is 108 Å². The normalized spacial score (nSPS) is 23.9. The maximum atomic E-state index is 12.2. The zero-order valence-corrected chi connectivity index (χ0v) is 11.1. The first kappa shape index (κ1) is 13.1. The lowest BCUT2D eigenvalue weighted by Gasteiger charge is -2.29. The third-order valence-electron chi connectivity index (χ3n) is 3.40. The lowest BCUT2D eigenvalue weighted by atomic mass is 9.92. The molecule has 1 aromatic heterocycles. The largest absolute Gasteiger partial charge is 0.377 e. The van der Waals surface area contributed by atoms with Crippen LogP contribution in [-0.4, -0.2) is 28.4 Å². The molecule has 1 aliphatic heterocycles. The van der Waals surface area contributed by atoms with Crippen LogP contribution in [0.4, 0.5) is 5.69 Å². The third-order valence-corrected chi connectivity index (χ3v) is 3.40. The Balaban J connectivity index is 1.97. The number of aryl methyl sites for hydroxylation is 1. The number of amides is 1. The first-order valence-corrected chi connectivity index (χ1v) is 6.69. The summed E-state index contributed by atoms with van der Waals surface area (Å²) in [7, 11) is 0. The number of anilines is 1. The highest BCUT2D eigenvalue weighted by atomic mass is 16.5. The van der Waals surface area contributed by atoms with Crippen LogP contribution in [0.1, 0.15) is 33.1 Å². The van der Waals surface area contributed by atoms with Crippen molar-refractivity contribution in [1.82, 2.24) is 9.78 Å². The zero-order chi connectivity index (χ0) is 13.0. The molecule has 2 rings (SSSR count). The minimum atomic E-state index is -0.0336. The minimum absolute atomic E-state index is 0.0336. The van der Waals surface area contributed by atoms with Gasteiger partial charge in [-0.05, 0) is 26.2 Å². The minimum Gasteiger partial charge on any atom is -0.377 e. The van der Waals surface area contributed by atoms with E-state index in [4.69, 9.17) is 4.74 Å². The smallest absolute Gasteiger partial charge is 0.230 e. The Hall–Kier alpha value is -1.36. The second-order valence-corrected chi connectivity index (χ2v) is 4.64. The van der Waals surface area contributed by atoms with E-state index >= 15 is 0 Å². The number of rotatable bonds is 4. The summed E-state index contributed by atoms with van der Waals surface area (Å²) in [6, 6.07) is 0. The summed E-state index contributed by atoms with van der Waals surface area (Å²) in [5.41, 5.74) is 0.766. The Morgan fingerprint density at radius 2 is 2.44 bits per heavy atom. The molecule has 1 aliphatic rings. The van der Waals surface area contributed by atoms with E-state index in [1.807, 2.05) is 13.1 Å². The van der Waals surface area contributed by atoms with Crippen molar-refractivity contribution in [2.75, 3.05) is 11.9 Å². The van der Waals surface area contributed by atoms with Gasteiger partial charge in [-0.3, -0.25) is 9.48 Å². The first-order chi connectivity index (χ1) is 8.74. The Morgan fingerprint density at radius 3 is 3.11 bits per heavy atom. The maximum absolute atomic E-state index is 12.2. The van der Waals surface area contributed by atoms with E-state index in [2.05, 4.69) is 17.3 Å². The third kappa shape index (κ3) is 2.90. The number of carbonyl (C=O) groups excluding carboxylic acids is 1. The monoisotopic (exact) mass is 251 g/mol. The molecular weight excluding hydrogens is 230 g/mol. The molecule has 1 aromatic rings. The Morgan fingerprint density at radius 1 is 1.61 bits per heavy atom. The van der Waals surface area contributed by atoms with Crippen molar-refractivity contribution in [3.63, 3.8) is 0 Å². The second-order valence-electron chi connectivity index (χ2n) is 4.64. The molecule has 0 spiro atoms. The van der Waals surface area contributed by atoms with Gasteiger partial charge in [0.2, 0.25) is 5.91 Å². The van der Waals surface area contributed by atoms with Crippen molar-refractivity contribution in [3.05, 3.63) is 12.4 Å². The summed E-state index contributed by atoms with van der Waals surface area (Å²) >= 11 is 0. The van der Waals surface area contributed by atoms with Gasteiger partial charge in [-0.15, -0.1) is 0 Å². The van der Waals surface area contributed by atoms with Crippen molar-refractivity contribution in [2.45, 2.75) is 45.8 Å². The van der Waals surface area contributed by atoms with E-state index in [0.29, 0.717) is 0 Å². The fraction of sp³-hybridized carbons (Fsp3) is 0.692. The van der Waals surface area contributed by atoms with Crippen molar-refractivity contribution in [1.29, 1.82) is 0 Å². The van der Waals surface area contributed by atoms with Gasteiger partial charge in [0.05, 0.1) is 23.9 Å². The van der Waals surface area contributed by atoms with Crippen molar-refractivity contribution >= 4 is 11.6 Å². The number of nitrogens with one attached hydrogen (secondary N) is 1. The fourth-order valence-electron chi connectivity index (χ4n) is 2.38. The summed E-state index contributed by atoms with van der Waals surface area (Å²) in [5, 5.41) is 7.07. The number of nitrogens with zero attached hydrogens (tertiary/aromatic N) is 2.